The Bertz CT molecular complexity index is 1160. The Hall–Kier alpha value is -3.02. The summed E-state index contributed by atoms with van der Waals surface area (Å²) >= 11 is 0. The van der Waals surface area contributed by atoms with Gasteiger partial charge in [-0.15, -0.1) is 0 Å². The number of amides is 2. The summed E-state index contributed by atoms with van der Waals surface area (Å²) in [5, 5.41) is 0. The first kappa shape index (κ1) is 22.4. The normalized spacial score (nSPS) is 33.3. The highest BCUT2D eigenvalue weighted by Gasteiger charge is 2.81. The molecule has 4 bridgehead atoms. The summed E-state index contributed by atoms with van der Waals surface area (Å²) in [6.07, 6.45) is 2.97. The van der Waals surface area contributed by atoms with Crippen LogP contribution in [0.5, 0.6) is 5.75 Å². The van der Waals surface area contributed by atoms with Crippen LogP contribution in [0.3, 0.4) is 0 Å². The van der Waals surface area contributed by atoms with Crippen LogP contribution in [0.4, 0.5) is 5.69 Å². The van der Waals surface area contributed by atoms with Crippen LogP contribution in [0.1, 0.15) is 43.5 Å². The van der Waals surface area contributed by atoms with Gasteiger partial charge in [-0.3, -0.25) is 9.59 Å². The van der Waals surface area contributed by atoms with Crippen molar-refractivity contribution in [3.05, 3.63) is 60.2 Å². The third-order valence-electron chi connectivity index (χ3n) is 10.2. The average molecular weight is 474 g/mol. The molecule has 6 heteroatoms. The molecule has 6 rings (SSSR count). The van der Waals surface area contributed by atoms with Crippen molar-refractivity contribution in [2.24, 2.45) is 16.7 Å². The lowest BCUT2D eigenvalue weighted by Crippen LogP contribution is -2.66. The lowest BCUT2D eigenvalue weighted by molar-refractivity contribution is -0.148. The molecule has 2 aliphatic carbocycles. The van der Waals surface area contributed by atoms with E-state index in [0.717, 1.165) is 43.8 Å². The second-order valence-electron chi connectivity index (χ2n) is 11.3. The fourth-order valence-corrected chi connectivity index (χ4v) is 8.00. The molecule has 184 valence electrons. The van der Waals surface area contributed by atoms with Crippen molar-refractivity contribution in [1.29, 1.82) is 0 Å². The van der Waals surface area contributed by atoms with Crippen LogP contribution in [-0.2, 0) is 4.79 Å². The molecular formula is C29H35N3O3. The molecule has 35 heavy (non-hydrogen) atoms. The number of benzene rings is 2. The topological polar surface area (TPSA) is 53.1 Å². The molecule has 0 spiro atoms. The number of para-hydroxylation sites is 2. The minimum absolute atomic E-state index is 0.00177. The monoisotopic (exact) mass is 473 g/mol. The van der Waals surface area contributed by atoms with E-state index in [2.05, 4.69) is 24.8 Å². The molecule has 2 aliphatic heterocycles. The number of rotatable bonds is 4. The zero-order chi connectivity index (χ0) is 24.4. The van der Waals surface area contributed by atoms with E-state index in [1.807, 2.05) is 58.3 Å². The van der Waals surface area contributed by atoms with Gasteiger partial charge in [-0.25, -0.2) is 0 Å². The Labute approximate surface area is 207 Å². The number of piperazine rings is 1. The summed E-state index contributed by atoms with van der Waals surface area (Å²) in [7, 11) is 1.70. The second kappa shape index (κ2) is 7.74. The number of hydrogen-bond acceptors (Lipinski definition) is 4. The summed E-state index contributed by atoms with van der Waals surface area (Å²) in [4.78, 5) is 34.7. The maximum Gasteiger partial charge on any atom is 0.254 e. The highest BCUT2D eigenvalue weighted by molar-refractivity contribution is 6.01. The summed E-state index contributed by atoms with van der Waals surface area (Å²) in [5.74, 6) is 1.53. The molecule has 0 aromatic heterocycles. The molecule has 4 fully saturated rings. The van der Waals surface area contributed by atoms with E-state index >= 15 is 0 Å². The van der Waals surface area contributed by atoms with Crippen LogP contribution >= 0.6 is 0 Å². The number of methoxy groups -OCH3 is 1. The molecule has 2 heterocycles. The van der Waals surface area contributed by atoms with Crippen LogP contribution in [0.25, 0.3) is 0 Å². The van der Waals surface area contributed by atoms with Crippen molar-refractivity contribution in [3.8, 4) is 5.75 Å². The summed E-state index contributed by atoms with van der Waals surface area (Å²) < 4.78 is 5.57. The molecule has 2 saturated carbocycles. The lowest BCUT2D eigenvalue weighted by Gasteiger charge is -2.50. The smallest absolute Gasteiger partial charge is 0.254 e. The highest BCUT2D eigenvalue weighted by atomic mass is 16.5. The molecule has 2 aromatic carbocycles. The largest absolute Gasteiger partial charge is 0.495 e. The van der Waals surface area contributed by atoms with Gasteiger partial charge >= 0.3 is 0 Å². The van der Waals surface area contributed by atoms with E-state index in [9.17, 15) is 9.59 Å². The molecule has 2 aromatic rings. The van der Waals surface area contributed by atoms with Crippen LogP contribution in [0.15, 0.2) is 54.6 Å². The van der Waals surface area contributed by atoms with Gasteiger partial charge < -0.3 is 19.4 Å². The van der Waals surface area contributed by atoms with Crippen molar-refractivity contribution < 1.29 is 14.3 Å². The third kappa shape index (κ3) is 2.82. The van der Waals surface area contributed by atoms with Gasteiger partial charge in [-0.05, 0) is 54.9 Å². The second-order valence-corrected chi connectivity index (χ2v) is 11.3. The zero-order valence-corrected chi connectivity index (χ0v) is 21.0. The van der Waals surface area contributed by atoms with Crippen molar-refractivity contribution in [1.82, 2.24) is 9.80 Å². The third-order valence-corrected chi connectivity index (χ3v) is 10.2. The quantitative estimate of drug-likeness (QED) is 0.672. The van der Waals surface area contributed by atoms with Crippen LogP contribution in [-0.4, -0.2) is 67.0 Å². The number of carbonyl (C=O) groups excluding carboxylic acids is 2. The van der Waals surface area contributed by atoms with Crippen molar-refractivity contribution >= 4 is 17.5 Å². The molecule has 0 N–H and O–H groups in total. The van der Waals surface area contributed by atoms with E-state index < -0.39 is 5.54 Å². The number of nitrogens with zero attached hydrogens (tertiary/aromatic N) is 3. The molecule has 4 atom stereocenters. The predicted octanol–water partition coefficient (Wildman–Crippen LogP) is 4.06. The standard InChI is InChI=1S/C29H35N3O3/c1-27-20-32(25(33)21-9-5-4-6-10-21)29(19-22(27)13-14-28(27,29)2)26(34)31-17-15-30(16-18-31)23-11-7-8-12-24(23)35-3/h4-12,22H,13-20H2,1-3H3. The number of ether oxygens (including phenoxy) is 1. The van der Waals surface area contributed by atoms with Crippen molar-refractivity contribution in [3.63, 3.8) is 0 Å². The van der Waals surface area contributed by atoms with Crippen LogP contribution in [0, 0.1) is 16.7 Å². The SMILES string of the molecule is COc1ccccc1N1CCN(C(=O)C23CC4CCC2(C)C4(C)CN3C(=O)c2ccccc2)CC1. The average Bonchev–Trinajstić information content (AvgIpc) is 3.36. The van der Waals surface area contributed by atoms with E-state index in [4.69, 9.17) is 4.74 Å². The van der Waals surface area contributed by atoms with Crippen molar-refractivity contribution in [2.75, 3.05) is 44.7 Å². The van der Waals surface area contributed by atoms with Gasteiger partial charge in [0.25, 0.3) is 5.91 Å². The number of carbonyl (C=O) groups is 2. The first-order valence-electron chi connectivity index (χ1n) is 12.9. The van der Waals surface area contributed by atoms with Crippen molar-refractivity contribution in [2.45, 2.75) is 38.6 Å². The predicted molar refractivity (Wildman–Crippen MR) is 136 cm³/mol. The minimum Gasteiger partial charge on any atom is -0.495 e. The fraction of sp³-hybridized carbons (Fsp3) is 0.517. The molecule has 2 saturated heterocycles. The first-order valence-corrected chi connectivity index (χ1v) is 12.9. The van der Waals surface area contributed by atoms with Gasteiger partial charge in [0.1, 0.15) is 11.3 Å². The van der Waals surface area contributed by atoms with Gasteiger partial charge in [0, 0.05) is 43.7 Å². The maximum absolute atomic E-state index is 14.5. The fourth-order valence-electron chi connectivity index (χ4n) is 8.00. The Morgan fingerprint density at radius 1 is 0.943 bits per heavy atom. The molecular weight excluding hydrogens is 438 g/mol. The summed E-state index contributed by atoms with van der Waals surface area (Å²) in [5.41, 5.74) is 0.806. The molecule has 6 nitrogen and oxygen atoms in total. The van der Waals surface area contributed by atoms with Gasteiger partial charge in [0.15, 0.2) is 0 Å². The van der Waals surface area contributed by atoms with Gasteiger partial charge in [0.05, 0.1) is 12.8 Å². The minimum atomic E-state index is -0.746. The summed E-state index contributed by atoms with van der Waals surface area (Å²) in [6.45, 7) is 8.12. The number of hydrogen-bond donors (Lipinski definition) is 0. The van der Waals surface area contributed by atoms with E-state index in [1.54, 1.807) is 7.11 Å². The first-order chi connectivity index (χ1) is 16.9. The number of likely N-dealkylation sites (tertiary alicyclic amines) is 1. The van der Waals surface area contributed by atoms with Gasteiger partial charge in [-0.2, -0.15) is 0 Å². The Balaban J connectivity index is 1.30. The van der Waals surface area contributed by atoms with Gasteiger partial charge in [-0.1, -0.05) is 44.2 Å². The van der Waals surface area contributed by atoms with E-state index in [1.165, 1.54) is 0 Å². The van der Waals surface area contributed by atoms with E-state index in [-0.39, 0.29) is 22.6 Å². The van der Waals surface area contributed by atoms with Gasteiger partial charge in [0.2, 0.25) is 5.91 Å². The number of anilines is 1. The maximum atomic E-state index is 14.5. The molecule has 2 amide bonds. The molecule has 4 unspecified atom stereocenters. The Morgan fingerprint density at radius 3 is 2.31 bits per heavy atom. The highest BCUT2D eigenvalue weighted by Crippen LogP contribution is 2.76. The Kier molecular flexibility index (Phi) is 4.96. The summed E-state index contributed by atoms with van der Waals surface area (Å²) in [6, 6.07) is 17.6. The number of piperidine rings is 1. The molecule has 0 radical (unpaired) electrons. The van der Waals surface area contributed by atoms with Crippen LogP contribution in [0.2, 0.25) is 0 Å². The molecule has 4 aliphatic rings. The van der Waals surface area contributed by atoms with E-state index in [0.29, 0.717) is 31.1 Å². The Morgan fingerprint density at radius 2 is 1.63 bits per heavy atom. The van der Waals surface area contributed by atoms with Crippen LogP contribution < -0.4 is 9.64 Å². The zero-order valence-electron chi connectivity index (χ0n) is 21.0. The lowest BCUT2D eigenvalue weighted by atomic mass is 9.65.